The van der Waals surface area contributed by atoms with Crippen molar-refractivity contribution in [2.24, 2.45) is 0 Å². The van der Waals surface area contributed by atoms with Gasteiger partial charge in [0, 0.05) is 18.0 Å². The van der Waals surface area contributed by atoms with Gasteiger partial charge in [-0.25, -0.2) is 4.79 Å². The lowest BCUT2D eigenvalue weighted by atomic mass is 10.2. The van der Waals surface area contributed by atoms with Crippen LogP contribution in [0.4, 0.5) is 4.79 Å². The van der Waals surface area contributed by atoms with E-state index in [2.05, 4.69) is 4.98 Å². The Balaban J connectivity index is 2.43. The Hall–Kier alpha value is -2.29. The third kappa shape index (κ3) is 1.99. The Morgan fingerprint density at radius 1 is 1.71 bits per heavy atom. The van der Waals surface area contributed by atoms with Crippen LogP contribution in [0, 0.1) is 11.3 Å². The number of ether oxygens (including phenoxy) is 1. The number of hydrogen-bond acceptors (Lipinski definition) is 4. The number of amides is 1. The highest BCUT2D eigenvalue weighted by Crippen LogP contribution is 2.27. The van der Waals surface area contributed by atoms with Crippen molar-refractivity contribution in [3.8, 4) is 11.8 Å². The second-order valence-corrected chi connectivity index (χ2v) is 3.86. The molecule has 1 aliphatic heterocycles. The maximum Gasteiger partial charge on any atom is 0.407 e. The lowest BCUT2D eigenvalue weighted by molar-refractivity contribution is 0.113. The minimum absolute atomic E-state index is 0.189. The molecule has 0 unspecified atom stereocenters. The van der Waals surface area contributed by atoms with Gasteiger partial charge in [-0.15, -0.1) is 0 Å². The van der Waals surface area contributed by atoms with Gasteiger partial charge in [0.15, 0.2) is 0 Å². The van der Waals surface area contributed by atoms with Crippen molar-refractivity contribution in [3.63, 3.8) is 0 Å². The summed E-state index contributed by atoms with van der Waals surface area (Å²) in [7, 11) is 0. The summed E-state index contributed by atoms with van der Waals surface area (Å²) < 4.78 is 5.50. The van der Waals surface area contributed by atoms with Gasteiger partial charge >= 0.3 is 6.09 Å². The zero-order valence-electron chi connectivity index (χ0n) is 9.25. The summed E-state index contributed by atoms with van der Waals surface area (Å²) in [6, 6.07) is 1.73. The molecule has 0 fully saturated rings. The Morgan fingerprint density at radius 3 is 3.12 bits per heavy atom. The SMILES string of the molecule is C[C@@H]1COc2c(C#N)cncc2CN1C(=O)O. The first kappa shape index (κ1) is 11.2. The van der Waals surface area contributed by atoms with Crippen molar-refractivity contribution < 1.29 is 14.6 Å². The fourth-order valence-electron chi connectivity index (χ4n) is 1.74. The molecule has 0 saturated carbocycles. The highest BCUT2D eigenvalue weighted by atomic mass is 16.5. The summed E-state index contributed by atoms with van der Waals surface area (Å²) in [5, 5.41) is 18.0. The second kappa shape index (κ2) is 4.29. The molecule has 88 valence electrons. The highest BCUT2D eigenvalue weighted by Gasteiger charge is 2.26. The Labute approximate surface area is 98.1 Å². The van der Waals surface area contributed by atoms with E-state index in [4.69, 9.17) is 15.1 Å². The van der Waals surface area contributed by atoms with E-state index in [9.17, 15) is 4.79 Å². The van der Waals surface area contributed by atoms with Crippen molar-refractivity contribution >= 4 is 6.09 Å². The van der Waals surface area contributed by atoms with Crippen LogP contribution in [0.1, 0.15) is 18.1 Å². The number of aromatic nitrogens is 1. The molecule has 0 bridgehead atoms. The maximum atomic E-state index is 11.1. The third-order valence-electron chi connectivity index (χ3n) is 2.68. The molecule has 0 saturated heterocycles. The lowest BCUT2D eigenvalue weighted by Crippen LogP contribution is -2.38. The first-order valence-corrected chi connectivity index (χ1v) is 5.13. The van der Waals surface area contributed by atoms with Crippen LogP contribution >= 0.6 is 0 Å². The third-order valence-corrected chi connectivity index (χ3v) is 2.68. The number of nitriles is 1. The summed E-state index contributed by atoms with van der Waals surface area (Å²) in [4.78, 5) is 16.2. The number of rotatable bonds is 0. The zero-order chi connectivity index (χ0) is 12.4. The van der Waals surface area contributed by atoms with E-state index in [1.807, 2.05) is 6.07 Å². The number of fused-ring (bicyclic) bond motifs is 1. The molecule has 0 radical (unpaired) electrons. The topological polar surface area (TPSA) is 86.5 Å². The monoisotopic (exact) mass is 233 g/mol. The van der Waals surface area contributed by atoms with Gasteiger partial charge in [0.1, 0.15) is 24.0 Å². The van der Waals surface area contributed by atoms with Gasteiger partial charge in [-0.2, -0.15) is 5.26 Å². The lowest BCUT2D eigenvalue weighted by Gasteiger charge is -2.22. The van der Waals surface area contributed by atoms with Crippen molar-refractivity contribution in [2.75, 3.05) is 6.61 Å². The molecular formula is C11H11N3O3. The smallest absolute Gasteiger partial charge is 0.407 e. The Kier molecular flexibility index (Phi) is 2.83. The van der Waals surface area contributed by atoms with Crippen LogP contribution in [-0.2, 0) is 6.54 Å². The fourth-order valence-corrected chi connectivity index (χ4v) is 1.74. The standard InChI is InChI=1S/C11H11N3O3/c1-7-6-17-10-8(2-12)3-13-4-9(10)5-14(7)11(15)16/h3-4,7H,5-6H2,1H3,(H,15,16)/t7-/m1/s1. The zero-order valence-corrected chi connectivity index (χ0v) is 9.25. The molecule has 1 amide bonds. The van der Waals surface area contributed by atoms with E-state index in [1.165, 1.54) is 17.3 Å². The molecule has 2 rings (SSSR count). The minimum atomic E-state index is -1.00. The van der Waals surface area contributed by atoms with E-state index < -0.39 is 6.09 Å². The summed E-state index contributed by atoms with van der Waals surface area (Å²) in [5.74, 6) is 0.443. The summed E-state index contributed by atoms with van der Waals surface area (Å²) in [6.07, 6.45) is 1.95. The normalized spacial score (nSPS) is 18.6. The molecule has 17 heavy (non-hydrogen) atoms. The van der Waals surface area contributed by atoms with Gasteiger partial charge in [-0.3, -0.25) is 9.88 Å². The summed E-state index contributed by atoms with van der Waals surface area (Å²) in [6.45, 7) is 2.19. The van der Waals surface area contributed by atoms with Crippen LogP contribution in [0.25, 0.3) is 0 Å². The van der Waals surface area contributed by atoms with Crippen LogP contribution in [0.2, 0.25) is 0 Å². The number of carboxylic acid groups (broad SMARTS) is 1. The predicted octanol–water partition coefficient (Wildman–Crippen LogP) is 1.21. The number of hydrogen-bond donors (Lipinski definition) is 1. The molecule has 1 aromatic heterocycles. The molecule has 2 heterocycles. The molecule has 0 aromatic carbocycles. The molecule has 0 aliphatic carbocycles. The fraction of sp³-hybridized carbons (Fsp3) is 0.364. The van der Waals surface area contributed by atoms with Gasteiger partial charge in [0.2, 0.25) is 0 Å². The predicted molar refractivity (Wildman–Crippen MR) is 57.5 cm³/mol. The van der Waals surface area contributed by atoms with Gasteiger partial charge in [0.05, 0.1) is 12.6 Å². The molecular weight excluding hydrogens is 222 g/mol. The van der Waals surface area contributed by atoms with Crippen LogP contribution in [0.5, 0.6) is 5.75 Å². The highest BCUT2D eigenvalue weighted by molar-refractivity contribution is 5.66. The van der Waals surface area contributed by atoms with E-state index in [0.717, 1.165) is 0 Å². The number of nitrogens with zero attached hydrogens (tertiary/aromatic N) is 3. The number of carbonyl (C=O) groups is 1. The van der Waals surface area contributed by atoms with Crippen molar-refractivity contribution in [2.45, 2.75) is 19.5 Å². The second-order valence-electron chi connectivity index (χ2n) is 3.86. The largest absolute Gasteiger partial charge is 0.490 e. The van der Waals surface area contributed by atoms with E-state index in [-0.39, 0.29) is 19.2 Å². The van der Waals surface area contributed by atoms with Gasteiger partial charge in [-0.05, 0) is 6.92 Å². The van der Waals surface area contributed by atoms with Crippen LogP contribution in [-0.4, -0.2) is 33.7 Å². The number of pyridine rings is 1. The van der Waals surface area contributed by atoms with Gasteiger partial charge < -0.3 is 9.84 Å². The Bertz CT molecular complexity index is 495. The summed E-state index contributed by atoms with van der Waals surface area (Å²) >= 11 is 0. The van der Waals surface area contributed by atoms with Crippen LogP contribution in [0.15, 0.2) is 12.4 Å². The Morgan fingerprint density at radius 2 is 2.47 bits per heavy atom. The maximum absolute atomic E-state index is 11.1. The van der Waals surface area contributed by atoms with Crippen molar-refractivity contribution in [3.05, 3.63) is 23.5 Å². The molecule has 1 N–H and O–H groups in total. The van der Waals surface area contributed by atoms with Gasteiger partial charge in [0.25, 0.3) is 0 Å². The average molecular weight is 233 g/mol. The molecule has 6 nitrogen and oxygen atoms in total. The van der Waals surface area contributed by atoms with Crippen molar-refractivity contribution in [1.82, 2.24) is 9.88 Å². The summed E-state index contributed by atoms with van der Waals surface area (Å²) in [5.41, 5.74) is 0.956. The van der Waals surface area contributed by atoms with E-state index in [1.54, 1.807) is 6.92 Å². The molecule has 6 heteroatoms. The van der Waals surface area contributed by atoms with E-state index in [0.29, 0.717) is 16.9 Å². The quantitative estimate of drug-likeness (QED) is 0.727. The first-order chi connectivity index (χ1) is 8.13. The minimum Gasteiger partial charge on any atom is -0.490 e. The molecule has 0 spiro atoms. The molecule has 1 atom stereocenters. The van der Waals surface area contributed by atoms with Crippen LogP contribution < -0.4 is 4.74 Å². The first-order valence-electron chi connectivity index (χ1n) is 5.13. The van der Waals surface area contributed by atoms with E-state index >= 15 is 0 Å². The molecule has 1 aliphatic rings. The average Bonchev–Trinajstić information content (AvgIpc) is 2.48. The van der Waals surface area contributed by atoms with Crippen LogP contribution in [0.3, 0.4) is 0 Å². The van der Waals surface area contributed by atoms with Gasteiger partial charge in [-0.1, -0.05) is 0 Å². The van der Waals surface area contributed by atoms with Crippen molar-refractivity contribution in [1.29, 1.82) is 5.26 Å². The molecule has 1 aromatic rings.